The number of hydrogen-bond donors (Lipinski definition) is 1. The first kappa shape index (κ1) is 29.0. The molecule has 44 heavy (non-hydrogen) atoms. The number of hydrogen-bond acceptors (Lipinski definition) is 1. The first-order chi connectivity index (χ1) is 21.1. The summed E-state index contributed by atoms with van der Waals surface area (Å²) in [5.41, 5.74) is 10.4. The van der Waals surface area contributed by atoms with Gasteiger partial charge in [-0.1, -0.05) is 104 Å². The lowest BCUT2D eigenvalue weighted by atomic mass is 9.78. The van der Waals surface area contributed by atoms with E-state index in [1.54, 1.807) is 0 Å². The number of fused-ring (bicyclic) bond motifs is 6. The summed E-state index contributed by atoms with van der Waals surface area (Å²) in [5, 5.41) is 9.81. The zero-order valence-corrected chi connectivity index (χ0v) is 27.5. The summed E-state index contributed by atoms with van der Waals surface area (Å²) in [7, 11) is 4.27. The van der Waals surface area contributed by atoms with Gasteiger partial charge in [-0.3, -0.25) is 0 Å². The highest BCUT2D eigenvalue weighted by Crippen LogP contribution is 2.51. The Balaban J connectivity index is 1.23. The van der Waals surface area contributed by atoms with Gasteiger partial charge < -0.3 is 5.32 Å². The smallest absolute Gasteiger partial charge is 0.210 e. The Hall–Kier alpha value is -3.72. The van der Waals surface area contributed by atoms with Crippen LogP contribution >= 0.6 is 11.6 Å². The normalized spacial score (nSPS) is 22.7. The summed E-state index contributed by atoms with van der Waals surface area (Å²) in [5.74, 6) is 0. The molecule has 1 unspecified atom stereocenters. The Kier molecular flexibility index (Phi) is 7.07. The molecule has 3 heteroatoms. The molecule has 2 nitrogen and oxygen atoms in total. The van der Waals surface area contributed by atoms with Gasteiger partial charge in [-0.2, -0.15) is 4.58 Å². The quantitative estimate of drug-likeness (QED) is 0.231. The van der Waals surface area contributed by atoms with Crippen LogP contribution in [0.3, 0.4) is 0 Å². The standard InChI is InChI=1S/C41H42ClN2/c1-40(2)33(39(43-5)32-22-18-26-12-7-9-16-30(26)36(32)40)23-19-28-14-11-15-29(38(28)42)21-25-35-41(3,4)37-31-17-10-8-13-27(31)20-24-34(37)44(35)6/h7-10,12-13,16-25,39,43H,11,14-15H2,1-6H3/q+1/b25-21+,28-19+,33-23-. The summed E-state index contributed by atoms with van der Waals surface area (Å²) >= 11 is 7.20. The average Bonchev–Trinajstić information content (AvgIpc) is 3.37. The van der Waals surface area contributed by atoms with Crippen molar-refractivity contribution in [1.29, 1.82) is 0 Å². The summed E-state index contributed by atoms with van der Waals surface area (Å²) in [6.45, 7) is 9.42. The van der Waals surface area contributed by atoms with Crippen LogP contribution in [0.25, 0.3) is 21.5 Å². The summed E-state index contributed by atoms with van der Waals surface area (Å²) in [6.07, 6.45) is 12.3. The van der Waals surface area contributed by atoms with Crippen molar-refractivity contribution >= 4 is 44.5 Å². The third kappa shape index (κ3) is 4.37. The number of allylic oxidation sites excluding steroid dienone is 7. The van der Waals surface area contributed by atoms with E-state index in [0.29, 0.717) is 0 Å². The van der Waals surface area contributed by atoms with Gasteiger partial charge in [0.15, 0.2) is 5.71 Å². The van der Waals surface area contributed by atoms with E-state index in [9.17, 15) is 0 Å². The molecule has 0 spiro atoms. The van der Waals surface area contributed by atoms with Crippen molar-refractivity contribution in [3.63, 3.8) is 0 Å². The third-order valence-electron chi connectivity index (χ3n) is 10.5. The van der Waals surface area contributed by atoms with Crippen LogP contribution in [0.4, 0.5) is 5.69 Å². The molecule has 0 saturated carbocycles. The minimum absolute atomic E-state index is 0.0943. The predicted octanol–water partition coefficient (Wildman–Crippen LogP) is 10.3. The van der Waals surface area contributed by atoms with Crippen LogP contribution in [0.15, 0.2) is 119 Å². The van der Waals surface area contributed by atoms with Gasteiger partial charge >= 0.3 is 0 Å². The number of likely N-dealkylation sites (N-methyl/N-ethyl adjacent to an activating group) is 1. The molecule has 3 aliphatic rings. The predicted molar refractivity (Wildman–Crippen MR) is 189 cm³/mol. The minimum Gasteiger partial charge on any atom is -0.310 e. The highest BCUT2D eigenvalue weighted by atomic mass is 35.5. The lowest BCUT2D eigenvalue weighted by molar-refractivity contribution is -0.401. The van der Waals surface area contributed by atoms with Crippen LogP contribution in [0.2, 0.25) is 0 Å². The molecule has 2 aliphatic carbocycles. The fourth-order valence-electron chi connectivity index (χ4n) is 8.29. The van der Waals surface area contributed by atoms with Crippen molar-refractivity contribution in [2.75, 3.05) is 14.1 Å². The van der Waals surface area contributed by atoms with Gasteiger partial charge in [0.1, 0.15) is 7.05 Å². The number of halogens is 1. The van der Waals surface area contributed by atoms with Crippen LogP contribution in [0.5, 0.6) is 0 Å². The minimum atomic E-state index is -0.109. The van der Waals surface area contributed by atoms with E-state index in [1.165, 1.54) is 66.4 Å². The van der Waals surface area contributed by atoms with Crippen molar-refractivity contribution in [3.05, 3.63) is 136 Å². The molecule has 0 aromatic heterocycles. The monoisotopic (exact) mass is 597 g/mol. The van der Waals surface area contributed by atoms with Crippen LogP contribution in [0.1, 0.15) is 69.7 Å². The maximum Gasteiger partial charge on any atom is 0.210 e. The molecule has 7 rings (SSSR count). The number of benzene rings is 4. The van der Waals surface area contributed by atoms with Gasteiger partial charge in [-0.25, -0.2) is 0 Å². The molecule has 1 atom stereocenters. The highest BCUT2D eigenvalue weighted by Gasteiger charge is 2.44. The van der Waals surface area contributed by atoms with E-state index >= 15 is 0 Å². The maximum absolute atomic E-state index is 7.20. The van der Waals surface area contributed by atoms with E-state index in [1.807, 2.05) is 0 Å². The average molecular weight is 598 g/mol. The zero-order chi connectivity index (χ0) is 30.8. The third-order valence-corrected chi connectivity index (χ3v) is 11.0. The van der Waals surface area contributed by atoms with Crippen LogP contribution in [0, 0.1) is 0 Å². The first-order valence-corrected chi connectivity index (χ1v) is 16.3. The topological polar surface area (TPSA) is 15.0 Å². The zero-order valence-electron chi connectivity index (χ0n) is 26.8. The van der Waals surface area contributed by atoms with Crippen molar-refractivity contribution in [1.82, 2.24) is 5.32 Å². The summed E-state index contributed by atoms with van der Waals surface area (Å²) in [6, 6.07) is 26.8. The van der Waals surface area contributed by atoms with E-state index in [4.69, 9.17) is 11.6 Å². The van der Waals surface area contributed by atoms with E-state index in [0.717, 1.165) is 24.3 Å². The molecule has 0 radical (unpaired) electrons. The second-order valence-electron chi connectivity index (χ2n) is 13.7. The molecule has 0 saturated heterocycles. The van der Waals surface area contributed by atoms with E-state index in [2.05, 4.69) is 149 Å². The number of nitrogens with one attached hydrogen (secondary N) is 1. The van der Waals surface area contributed by atoms with E-state index < -0.39 is 0 Å². The molecule has 1 N–H and O–H groups in total. The van der Waals surface area contributed by atoms with Crippen LogP contribution < -0.4 is 5.32 Å². The summed E-state index contributed by atoms with van der Waals surface area (Å²) < 4.78 is 2.36. The summed E-state index contributed by atoms with van der Waals surface area (Å²) in [4.78, 5) is 0. The van der Waals surface area contributed by atoms with E-state index in [-0.39, 0.29) is 16.9 Å². The Morgan fingerprint density at radius 3 is 2.14 bits per heavy atom. The van der Waals surface area contributed by atoms with Crippen molar-refractivity contribution in [3.8, 4) is 0 Å². The molecule has 0 bridgehead atoms. The second-order valence-corrected chi connectivity index (χ2v) is 14.1. The molecular weight excluding hydrogens is 556 g/mol. The lowest BCUT2D eigenvalue weighted by Gasteiger charge is -2.25. The molecule has 0 fully saturated rings. The van der Waals surface area contributed by atoms with Gasteiger partial charge in [-0.15, -0.1) is 0 Å². The van der Waals surface area contributed by atoms with Gasteiger partial charge in [-0.05, 0) is 95.6 Å². The molecule has 4 aromatic rings. The Morgan fingerprint density at radius 1 is 0.773 bits per heavy atom. The van der Waals surface area contributed by atoms with Crippen molar-refractivity contribution in [2.45, 2.75) is 63.8 Å². The lowest BCUT2D eigenvalue weighted by Crippen LogP contribution is -2.27. The Labute approximate surface area is 267 Å². The Morgan fingerprint density at radius 2 is 1.43 bits per heavy atom. The van der Waals surface area contributed by atoms with Crippen molar-refractivity contribution < 1.29 is 4.58 Å². The van der Waals surface area contributed by atoms with Crippen molar-refractivity contribution in [2.24, 2.45) is 0 Å². The fourth-order valence-corrected chi connectivity index (χ4v) is 8.60. The maximum atomic E-state index is 7.20. The van der Waals surface area contributed by atoms with Gasteiger partial charge in [0.25, 0.3) is 0 Å². The SMILES string of the molecule is CNC1/C(=C/C=C2\CCCC(/C=C/C3=[N+](C)c4ccc5ccccc5c4C3(C)C)=C2Cl)C(C)(C)c2c1ccc1ccccc21. The van der Waals surface area contributed by atoms with Gasteiger partial charge in [0.2, 0.25) is 5.69 Å². The number of nitrogens with zero attached hydrogens (tertiary/aromatic N) is 1. The van der Waals surface area contributed by atoms with Crippen LogP contribution in [-0.2, 0) is 10.8 Å². The second kappa shape index (κ2) is 10.7. The largest absolute Gasteiger partial charge is 0.310 e. The fraction of sp³-hybridized carbons (Fsp3) is 0.293. The van der Waals surface area contributed by atoms with Gasteiger partial charge in [0.05, 0.1) is 11.5 Å². The van der Waals surface area contributed by atoms with Crippen LogP contribution in [-0.4, -0.2) is 24.4 Å². The molecule has 1 aliphatic heterocycles. The molecule has 0 amide bonds. The van der Waals surface area contributed by atoms with Gasteiger partial charge in [0, 0.05) is 28.2 Å². The molecule has 4 aromatic carbocycles. The Bertz CT molecular complexity index is 2000. The molecule has 222 valence electrons. The molecule has 1 heterocycles. The first-order valence-electron chi connectivity index (χ1n) is 16.0. The highest BCUT2D eigenvalue weighted by molar-refractivity contribution is 6.32. The number of rotatable bonds is 4. The molecular formula is C41H42ClN2+.